The third kappa shape index (κ3) is 4.00. The molecule has 0 amide bonds. The van der Waals surface area contributed by atoms with Crippen LogP contribution >= 0.6 is 0 Å². The maximum Gasteiger partial charge on any atom is 0.416 e. The molecule has 3 heterocycles. The molecule has 3 aromatic heterocycles. The van der Waals surface area contributed by atoms with Gasteiger partial charge in [0, 0.05) is 18.0 Å². The quantitative estimate of drug-likeness (QED) is 0.753. The van der Waals surface area contributed by atoms with E-state index in [2.05, 4.69) is 25.3 Å². The van der Waals surface area contributed by atoms with Crippen LogP contribution in [0.2, 0.25) is 0 Å². The third-order valence-corrected chi connectivity index (χ3v) is 3.21. The lowest BCUT2D eigenvalue weighted by atomic mass is 10.2. The van der Waals surface area contributed by atoms with Crippen molar-refractivity contribution in [3.63, 3.8) is 0 Å². The molecule has 6 nitrogen and oxygen atoms in total. The van der Waals surface area contributed by atoms with Crippen molar-refractivity contribution in [2.45, 2.75) is 13.1 Å². The van der Waals surface area contributed by atoms with Gasteiger partial charge in [-0.1, -0.05) is 6.07 Å². The largest absolute Gasteiger partial charge is 0.416 e. The molecule has 3 N–H and O–H groups in total. The van der Waals surface area contributed by atoms with Crippen molar-refractivity contribution in [1.29, 1.82) is 0 Å². The zero-order valence-electron chi connectivity index (χ0n) is 13.0. The maximum absolute atomic E-state index is 12.8. The minimum atomic E-state index is -4.46. The number of halogens is 3. The predicted molar refractivity (Wildman–Crippen MR) is 86.9 cm³/mol. The second kappa shape index (κ2) is 6.34. The van der Waals surface area contributed by atoms with Gasteiger partial charge < -0.3 is 11.1 Å². The van der Waals surface area contributed by atoms with Crippen LogP contribution in [0.25, 0.3) is 11.5 Å². The van der Waals surface area contributed by atoms with Crippen molar-refractivity contribution in [2.24, 2.45) is 0 Å². The Kier molecular flexibility index (Phi) is 4.22. The fourth-order valence-corrected chi connectivity index (χ4v) is 2.12. The second-order valence-electron chi connectivity index (χ2n) is 5.22. The topological polar surface area (TPSA) is 89.6 Å². The molecule has 3 aromatic rings. The summed E-state index contributed by atoms with van der Waals surface area (Å²) >= 11 is 0. The Bertz CT molecular complexity index is 910. The Hall–Kier alpha value is -3.23. The van der Waals surface area contributed by atoms with Crippen LogP contribution in [0, 0.1) is 6.92 Å². The van der Waals surface area contributed by atoms with Crippen LogP contribution in [0.5, 0.6) is 0 Å². The fraction of sp³-hybridized carbons (Fsp3) is 0.125. The molecule has 0 aromatic carbocycles. The second-order valence-corrected chi connectivity index (χ2v) is 5.22. The Morgan fingerprint density at radius 2 is 1.80 bits per heavy atom. The molecule has 0 radical (unpaired) electrons. The average molecular weight is 346 g/mol. The van der Waals surface area contributed by atoms with Gasteiger partial charge in [-0.05, 0) is 31.2 Å². The van der Waals surface area contributed by atoms with Gasteiger partial charge in [0.1, 0.15) is 23.1 Å². The zero-order chi connectivity index (χ0) is 18.0. The highest BCUT2D eigenvalue weighted by Crippen LogP contribution is 2.30. The van der Waals surface area contributed by atoms with E-state index in [1.807, 2.05) is 13.0 Å². The van der Waals surface area contributed by atoms with Gasteiger partial charge in [-0.2, -0.15) is 13.2 Å². The standard InChI is InChI=1S/C16H13F3N6/c1-9-3-2-4-11(22-9)15-23-12(20)8-14(25-15)24-13-7-10(5-6-21-13)16(17,18)19/h2-8H,1H3,(H3,20,21,23,24,25). The number of rotatable bonds is 3. The van der Waals surface area contributed by atoms with Gasteiger partial charge in [0.05, 0.1) is 5.56 Å². The molecule has 3 rings (SSSR count). The smallest absolute Gasteiger partial charge is 0.384 e. The monoisotopic (exact) mass is 346 g/mol. The molecule has 0 aliphatic carbocycles. The molecule has 0 unspecified atom stereocenters. The normalized spacial score (nSPS) is 11.4. The van der Waals surface area contributed by atoms with Crippen molar-refractivity contribution >= 4 is 17.5 Å². The molecular weight excluding hydrogens is 333 g/mol. The lowest BCUT2D eigenvalue weighted by Gasteiger charge is -2.10. The highest BCUT2D eigenvalue weighted by atomic mass is 19.4. The van der Waals surface area contributed by atoms with Gasteiger partial charge in [0.25, 0.3) is 0 Å². The summed E-state index contributed by atoms with van der Waals surface area (Å²) < 4.78 is 38.4. The molecule has 0 spiro atoms. The molecule has 25 heavy (non-hydrogen) atoms. The van der Waals surface area contributed by atoms with E-state index in [9.17, 15) is 13.2 Å². The Morgan fingerprint density at radius 3 is 2.52 bits per heavy atom. The van der Waals surface area contributed by atoms with Gasteiger partial charge in [-0.15, -0.1) is 0 Å². The number of hydrogen-bond donors (Lipinski definition) is 2. The van der Waals surface area contributed by atoms with Crippen molar-refractivity contribution in [2.75, 3.05) is 11.1 Å². The van der Waals surface area contributed by atoms with Crippen molar-refractivity contribution in [3.8, 4) is 11.5 Å². The summed E-state index contributed by atoms with van der Waals surface area (Å²) in [6, 6.07) is 8.52. The van der Waals surface area contributed by atoms with Crippen molar-refractivity contribution < 1.29 is 13.2 Å². The number of nitrogens with zero attached hydrogens (tertiary/aromatic N) is 4. The first-order valence-corrected chi connectivity index (χ1v) is 7.20. The number of aryl methyl sites for hydroxylation is 1. The van der Waals surface area contributed by atoms with E-state index in [0.717, 1.165) is 24.0 Å². The molecule has 0 aliphatic heterocycles. The molecule has 0 bridgehead atoms. The number of anilines is 3. The van der Waals surface area contributed by atoms with Crippen LogP contribution in [-0.2, 0) is 6.18 Å². The van der Waals surface area contributed by atoms with E-state index in [0.29, 0.717) is 5.69 Å². The number of pyridine rings is 2. The highest BCUT2D eigenvalue weighted by molar-refractivity contribution is 5.61. The number of nitrogens with two attached hydrogens (primary N) is 1. The molecule has 0 fully saturated rings. The molecular formula is C16H13F3N6. The number of hydrogen-bond acceptors (Lipinski definition) is 6. The first-order valence-electron chi connectivity index (χ1n) is 7.20. The lowest BCUT2D eigenvalue weighted by Crippen LogP contribution is -2.07. The molecule has 0 aliphatic rings. The summed E-state index contributed by atoms with van der Waals surface area (Å²) in [5, 5.41) is 2.71. The maximum atomic E-state index is 12.8. The van der Waals surface area contributed by atoms with Gasteiger partial charge >= 0.3 is 6.18 Å². The zero-order valence-corrected chi connectivity index (χ0v) is 13.0. The van der Waals surface area contributed by atoms with Gasteiger partial charge in [-0.25, -0.2) is 19.9 Å². The van der Waals surface area contributed by atoms with Crippen LogP contribution in [-0.4, -0.2) is 19.9 Å². The van der Waals surface area contributed by atoms with E-state index < -0.39 is 11.7 Å². The first-order chi connectivity index (χ1) is 11.8. The Balaban J connectivity index is 1.94. The SMILES string of the molecule is Cc1cccc(-c2nc(N)cc(Nc3cc(C(F)(F)F)ccn3)n2)n1. The highest BCUT2D eigenvalue weighted by Gasteiger charge is 2.30. The fourth-order valence-electron chi connectivity index (χ4n) is 2.12. The van der Waals surface area contributed by atoms with Gasteiger partial charge in [0.2, 0.25) is 0 Å². The van der Waals surface area contributed by atoms with E-state index in [-0.39, 0.29) is 23.3 Å². The molecule has 0 saturated carbocycles. The third-order valence-electron chi connectivity index (χ3n) is 3.21. The molecule has 0 saturated heterocycles. The van der Waals surface area contributed by atoms with Crippen LogP contribution in [0.1, 0.15) is 11.3 Å². The van der Waals surface area contributed by atoms with Crippen LogP contribution in [0.15, 0.2) is 42.6 Å². The Morgan fingerprint density at radius 1 is 1.00 bits per heavy atom. The summed E-state index contributed by atoms with van der Waals surface area (Å²) in [5.41, 5.74) is 6.24. The van der Waals surface area contributed by atoms with E-state index >= 15 is 0 Å². The van der Waals surface area contributed by atoms with Gasteiger partial charge in [0.15, 0.2) is 5.82 Å². The predicted octanol–water partition coefficient (Wildman–Crippen LogP) is 3.59. The van der Waals surface area contributed by atoms with Crippen molar-refractivity contribution in [3.05, 3.63) is 53.9 Å². The van der Waals surface area contributed by atoms with Crippen LogP contribution in [0.4, 0.5) is 30.6 Å². The summed E-state index contributed by atoms with van der Waals surface area (Å²) in [4.78, 5) is 16.5. The average Bonchev–Trinajstić information content (AvgIpc) is 2.54. The summed E-state index contributed by atoms with van der Waals surface area (Å²) in [5.74, 6) is 0.634. The minimum Gasteiger partial charge on any atom is -0.384 e. The first kappa shape index (κ1) is 16.6. The Labute approximate surface area is 141 Å². The number of nitrogens with one attached hydrogen (secondary N) is 1. The molecule has 0 atom stereocenters. The summed E-state index contributed by atoms with van der Waals surface area (Å²) in [6.45, 7) is 1.82. The molecule has 128 valence electrons. The summed E-state index contributed by atoms with van der Waals surface area (Å²) in [7, 11) is 0. The van der Waals surface area contributed by atoms with Crippen molar-refractivity contribution in [1.82, 2.24) is 19.9 Å². The van der Waals surface area contributed by atoms with Crippen LogP contribution in [0.3, 0.4) is 0 Å². The lowest BCUT2D eigenvalue weighted by molar-refractivity contribution is -0.137. The van der Waals surface area contributed by atoms with Gasteiger partial charge in [-0.3, -0.25) is 0 Å². The molecule has 9 heteroatoms. The number of aromatic nitrogens is 4. The summed E-state index contributed by atoms with van der Waals surface area (Å²) in [6.07, 6.45) is -3.39. The van der Waals surface area contributed by atoms with E-state index in [1.54, 1.807) is 12.1 Å². The number of alkyl halides is 3. The minimum absolute atomic E-state index is 0.00363. The number of nitrogen functional groups attached to an aromatic ring is 1. The van der Waals surface area contributed by atoms with E-state index in [1.165, 1.54) is 6.07 Å². The van der Waals surface area contributed by atoms with Crippen LogP contribution < -0.4 is 11.1 Å². The van der Waals surface area contributed by atoms with E-state index in [4.69, 9.17) is 5.73 Å².